The highest BCUT2D eigenvalue weighted by molar-refractivity contribution is 6.32. The van der Waals surface area contributed by atoms with E-state index in [9.17, 15) is 4.79 Å². The lowest BCUT2D eigenvalue weighted by molar-refractivity contribution is 0.0739. The van der Waals surface area contributed by atoms with Crippen LogP contribution >= 0.6 is 11.6 Å². The van der Waals surface area contributed by atoms with Crippen LogP contribution in [0.3, 0.4) is 0 Å². The van der Waals surface area contributed by atoms with Crippen molar-refractivity contribution in [3.8, 4) is 0 Å². The fourth-order valence-electron chi connectivity index (χ4n) is 2.68. The molecule has 21 heavy (non-hydrogen) atoms. The smallest absolute Gasteiger partial charge is 0.287 e. The van der Waals surface area contributed by atoms with Gasteiger partial charge in [-0.2, -0.15) is 5.10 Å². The number of hydrogen-bond donors (Lipinski definition) is 1. The fourth-order valence-corrected chi connectivity index (χ4v) is 2.90. The third-order valence-corrected chi connectivity index (χ3v) is 4.91. The summed E-state index contributed by atoms with van der Waals surface area (Å²) in [5.74, 6) is 0. The van der Waals surface area contributed by atoms with Gasteiger partial charge in [0.05, 0.1) is 11.9 Å². The number of likely N-dealkylation sites (N-methyl/N-ethyl adjacent to an activating group) is 1. The van der Waals surface area contributed by atoms with Crippen LogP contribution in [0.2, 0.25) is 5.02 Å². The van der Waals surface area contributed by atoms with Gasteiger partial charge in [0.1, 0.15) is 5.02 Å². The van der Waals surface area contributed by atoms with Gasteiger partial charge in [-0.15, -0.1) is 0 Å². The molecule has 1 aromatic heterocycles. The van der Waals surface area contributed by atoms with Gasteiger partial charge in [0.15, 0.2) is 0 Å². The molecule has 1 heterocycles. The van der Waals surface area contributed by atoms with Crippen molar-refractivity contribution in [1.29, 1.82) is 0 Å². The Bertz CT molecular complexity index is 537. The maximum Gasteiger partial charge on any atom is 0.287 e. The topological polar surface area (TPSA) is 50.2 Å². The molecule has 1 N–H and O–H groups in total. The summed E-state index contributed by atoms with van der Waals surface area (Å²) < 4.78 is 1.45. The van der Waals surface area contributed by atoms with Gasteiger partial charge >= 0.3 is 0 Å². The van der Waals surface area contributed by atoms with Crippen LogP contribution in [0.15, 0.2) is 11.0 Å². The van der Waals surface area contributed by atoms with Crippen molar-refractivity contribution in [3.63, 3.8) is 0 Å². The minimum atomic E-state index is -0.206. The molecule has 0 amide bonds. The van der Waals surface area contributed by atoms with E-state index in [2.05, 4.69) is 36.3 Å². The molecule has 0 radical (unpaired) electrons. The Morgan fingerprint density at radius 2 is 2.19 bits per heavy atom. The highest BCUT2D eigenvalue weighted by Gasteiger charge is 2.38. The van der Waals surface area contributed by atoms with Gasteiger partial charge < -0.3 is 10.2 Å². The zero-order chi connectivity index (χ0) is 15.5. The van der Waals surface area contributed by atoms with Crippen molar-refractivity contribution in [2.45, 2.75) is 51.1 Å². The number of unbranched alkanes of at least 4 members (excludes halogenated alkanes) is 1. The van der Waals surface area contributed by atoms with E-state index in [1.54, 1.807) is 6.20 Å². The number of halogens is 1. The van der Waals surface area contributed by atoms with Gasteiger partial charge in [-0.25, -0.2) is 4.68 Å². The molecule has 1 fully saturated rings. The Morgan fingerprint density at radius 3 is 2.71 bits per heavy atom. The average Bonchev–Trinajstić information content (AvgIpc) is 2.40. The molecule has 2 rings (SSSR count). The van der Waals surface area contributed by atoms with E-state index >= 15 is 0 Å². The van der Waals surface area contributed by atoms with Gasteiger partial charge in [-0.3, -0.25) is 4.79 Å². The highest BCUT2D eigenvalue weighted by atomic mass is 35.5. The van der Waals surface area contributed by atoms with Gasteiger partial charge in [0.2, 0.25) is 0 Å². The molecule has 0 spiro atoms. The number of rotatable bonds is 7. The third kappa shape index (κ3) is 3.40. The zero-order valence-electron chi connectivity index (χ0n) is 13.2. The summed E-state index contributed by atoms with van der Waals surface area (Å²) in [6.45, 7) is 3.50. The lowest BCUT2D eigenvalue weighted by Gasteiger charge is -2.47. The Hall–Kier alpha value is -1.07. The quantitative estimate of drug-likeness (QED) is 0.841. The number of nitrogens with one attached hydrogen (secondary N) is 1. The molecule has 1 aliphatic carbocycles. The van der Waals surface area contributed by atoms with Crippen molar-refractivity contribution in [2.24, 2.45) is 0 Å². The van der Waals surface area contributed by atoms with Gasteiger partial charge in [-0.1, -0.05) is 24.9 Å². The number of hydrogen-bond acceptors (Lipinski definition) is 4. The SMILES string of the molecule is CCCCn1ncc(NCC2(N(C)C)CCC2)c(Cl)c1=O. The van der Waals surface area contributed by atoms with Crippen LogP contribution in [0.1, 0.15) is 39.0 Å². The predicted octanol–water partition coefficient (Wildman–Crippen LogP) is 2.59. The molecule has 0 unspecified atom stereocenters. The molecule has 0 bridgehead atoms. The fraction of sp³-hybridized carbons (Fsp3) is 0.733. The van der Waals surface area contributed by atoms with Crippen LogP contribution in [0.4, 0.5) is 5.69 Å². The van der Waals surface area contributed by atoms with Crippen molar-refractivity contribution in [2.75, 3.05) is 26.0 Å². The summed E-state index contributed by atoms with van der Waals surface area (Å²) in [4.78, 5) is 14.4. The molecular formula is C15H25ClN4O. The van der Waals surface area contributed by atoms with Gasteiger partial charge in [0.25, 0.3) is 5.56 Å². The van der Waals surface area contributed by atoms with E-state index in [1.807, 2.05) is 0 Å². The van der Waals surface area contributed by atoms with E-state index in [4.69, 9.17) is 11.6 Å². The van der Waals surface area contributed by atoms with Crippen molar-refractivity contribution >= 4 is 17.3 Å². The molecule has 0 aliphatic heterocycles. The summed E-state index contributed by atoms with van der Waals surface area (Å²) in [6.07, 6.45) is 7.22. The number of aromatic nitrogens is 2. The minimum Gasteiger partial charge on any atom is -0.381 e. The molecule has 1 saturated carbocycles. The lowest BCUT2D eigenvalue weighted by Crippen LogP contribution is -2.54. The van der Waals surface area contributed by atoms with E-state index < -0.39 is 0 Å². The Labute approximate surface area is 131 Å². The minimum absolute atomic E-state index is 0.181. The molecule has 0 aromatic carbocycles. The monoisotopic (exact) mass is 312 g/mol. The van der Waals surface area contributed by atoms with Crippen LogP contribution in [0, 0.1) is 0 Å². The second-order valence-corrected chi connectivity index (χ2v) is 6.46. The number of aryl methyl sites for hydroxylation is 1. The largest absolute Gasteiger partial charge is 0.381 e. The second kappa shape index (κ2) is 6.79. The maximum absolute atomic E-state index is 12.2. The van der Waals surface area contributed by atoms with Gasteiger partial charge in [-0.05, 0) is 39.8 Å². The Morgan fingerprint density at radius 1 is 1.48 bits per heavy atom. The van der Waals surface area contributed by atoms with E-state index in [-0.39, 0.29) is 16.1 Å². The molecular weight excluding hydrogens is 288 g/mol. The second-order valence-electron chi connectivity index (χ2n) is 6.08. The number of nitrogens with zero attached hydrogens (tertiary/aromatic N) is 3. The lowest BCUT2D eigenvalue weighted by atomic mass is 9.75. The first-order valence-corrected chi connectivity index (χ1v) is 8.05. The van der Waals surface area contributed by atoms with Crippen molar-refractivity contribution in [3.05, 3.63) is 21.6 Å². The standard InChI is InChI=1S/C15H25ClN4O/c1-4-5-9-20-14(21)13(16)12(10-18-20)17-11-15(19(2)3)7-6-8-15/h10,17H,4-9,11H2,1-3H3. The van der Waals surface area contributed by atoms with Crippen LogP contribution in [0.5, 0.6) is 0 Å². The van der Waals surface area contributed by atoms with Crippen molar-refractivity contribution in [1.82, 2.24) is 14.7 Å². The summed E-state index contributed by atoms with van der Waals surface area (Å²) in [5, 5.41) is 7.77. The highest BCUT2D eigenvalue weighted by Crippen LogP contribution is 2.36. The van der Waals surface area contributed by atoms with Crippen molar-refractivity contribution < 1.29 is 0 Å². The molecule has 1 aliphatic rings. The summed E-state index contributed by atoms with van der Waals surface area (Å²) in [6, 6.07) is 0. The van der Waals surface area contributed by atoms with Crippen LogP contribution in [0.25, 0.3) is 0 Å². The Kier molecular flexibility index (Phi) is 5.27. The zero-order valence-corrected chi connectivity index (χ0v) is 13.9. The average molecular weight is 313 g/mol. The first-order valence-electron chi connectivity index (χ1n) is 7.67. The summed E-state index contributed by atoms with van der Waals surface area (Å²) in [7, 11) is 4.20. The third-order valence-electron chi connectivity index (χ3n) is 4.55. The Balaban J connectivity index is 2.07. The molecule has 0 atom stereocenters. The van der Waals surface area contributed by atoms with Crippen LogP contribution in [-0.2, 0) is 6.54 Å². The summed E-state index contributed by atoms with van der Waals surface area (Å²) >= 11 is 6.20. The maximum atomic E-state index is 12.2. The van der Waals surface area contributed by atoms with E-state index in [0.29, 0.717) is 12.2 Å². The summed E-state index contributed by atoms with van der Waals surface area (Å²) in [5.41, 5.74) is 0.616. The molecule has 5 nitrogen and oxygen atoms in total. The first kappa shape index (κ1) is 16.3. The molecule has 1 aromatic rings. The predicted molar refractivity (Wildman–Crippen MR) is 87.2 cm³/mol. The van der Waals surface area contributed by atoms with Crippen LogP contribution < -0.4 is 10.9 Å². The van der Waals surface area contributed by atoms with Crippen LogP contribution in [-0.4, -0.2) is 40.9 Å². The first-order chi connectivity index (χ1) is 10.00. The van der Waals surface area contributed by atoms with E-state index in [1.165, 1.54) is 23.9 Å². The van der Waals surface area contributed by atoms with Gasteiger partial charge in [0, 0.05) is 18.6 Å². The molecule has 118 valence electrons. The normalized spacial score (nSPS) is 16.8. The molecule has 0 saturated heterocycles. The number of anilines is 1. The molecule has 6 heteroatoms. The van der Waals surface area contributed by atoms with E-state index in [0.717, 1.165) is 19.4 Å².